The molecule has 0 saturated heterocycles. The second-order valence-corrected chi connectivity index (χ2v) is 7.89. The fourth-order valence-corrected chi connectivity index (χ4v) is 4.41. The number of esters is 2. The van der Waals surface area contributed by atoms with E-state index in [1.807, 2.05) is 97.1 Å². The number of rotatable bonds is 8. The molecule has 4 unspecified atom stereocenters. The lowest BCUT2D eigenvalue weighted by atomic mass is 9.83. The summed E-state index contributed by atoms with van der Waals surface area (Å²) in [6, 6.07) is 19.7. The fourth-order valence-electron chi connectivity index (χ4n) is 4.41. The molecule has 0 N–H and O–H groups in total. The average Bonchev–Trinajstić information content (AvgIpc) is 3.43. The van der Waals surface area contributed by atoms with E-state index in [0.29, 0.717) is 0 Å². The first-order chi connectivity index (χ1) is 15.2. The number of carbonyl (C=O) groups excluding carboxylic acids is 2. The van der Waals surface area contributed by atoms with Gasteiger partial charge in [0.25, 0.3) is 0 Å². The highest BCUT2D eigenvalue weighted by atomic mass is 16.5. The van der Waals surface area contributed by atoms with Gasteiger partial charge >= 0.3 is 11.9 Å². The van der Waals surface area contributed by atoms with Crippen LogP contribution in [0.15, 0.2) is 85.0 Å². The van der Waals surface area contributed by atoms with Crippen LogP contribution in [-0.4, -0.2) is 25.2 Å². The summed E-state index contributed by atoms with van der Waals surface area (Å²) in [5, 5.41) is 0. The van der Waals surface area contributed by atoms with Crippen molar-refractivity contribution in [2.75, 3.05) is 13.2 Å². The number of benzene rings is 2. The minimum Gasteiger partial charge on any atom is -0.461 e. The van der Waals surface area contributed by atoms with Crippen LogP contribution in [0.3, 0.4) is 0 Å². The lowest BCUT2D eigenvalue weighted by Gasteiger charge is -2.24. The van der Waals surface area contributed by atoms with Crippen molar-refractivity contribution in [3.63, 3.8) is 0 Å². The van der Waals surface area contributed by atoms with E-state index in [-0.39, 0.29) is 37.0 Å². The monoisotopic (exact) mass is 414 g/mol. The van der Waals surface area contributed by atoms with Crippen molar-refractivity contribution in [1.29, 1.82) is 0 Å². The Hall–Kier alpha value is -3.40. The first-order valence-electron chi connectivity index (χ1n) is 10.7. The smallest absolute Gasteiger partial charge is 0.310 e. The van der Waals surface area contributed by atoms with Gasteiger partial charge in [-0.05, 0) is 41.5 Å². The molecule has 2 aromatic carbocycles. The Labute approximate surface area is 182 Å². The zero-order valence-electron chi connectivity index (χ0n) is 17.3. The molecule has 2 aromatic rings. The van der Waals surface area contributed by atoms with Gasteiger partial charge in [0.05, 0.1) is 11.8 Å². The van der Waals surface area contributed by atoms with Gasteiger partial charge in [0.1, 0.15) is 13.2 Å². The van der Waals surface area contributed by atoms with Gasteiger partial charge in [-0.15, -0.1) is 0 Å². The summed E-state index contributed by atoms with van der Waals surface area (Å²) in [4.78, 5) is 25.5. The van der Waals surface area contributed by atoms with Gasteiger partial charge in [0.2, 0.25) is 0 Å². The van der Waals surface area contributed by atoms with Gasteiger partial charge in [-0.2, -0.15) is 0 Å². The third-order valence-corrected chi connectivity index (χ3v) is 5.87. The SMILES string of the molecule is O=C(OC/C=C/c1ccccc1)C1C2C=CC(C2)C1C(=O)OC/C=C/c1ccccc1. The molecule has 0 aromatic heterocycles. The highest BCUT2D eigenvalue weighted by molar-refractivity contribution is 5.84. The maximum Gasteiger partial charge on any atom is 0.310 e. The number of carbonyl (C=O) groups is 2. The lowest BCUT2D eigenvalue weighted by Crippen LogP contribution is -2.35. The van der Waals surface area contributed by atoms with Crippen LogP contribution in [0.4, 0.5) is 0 Å². The van der Waals surface area contributed by atoms with E-state index in [0.717, 1.165) is 17.5 Å². The average molecular weight is 415 g/mol. The molecule has 0 aliphatic heterocycles. The molecule has 1 fully saturated rings. The third-order valence-electron chi connectivity index (χ3n) is 5.87. The zero-order chi connectivity index (χ0) is 21.5. The molecule has 0 heterocycles. The van der Waals surface area contributed by atoms with Gasteiger partial charge in [0, 0.05) is 0 Å². The molecule has 0 radical (unpaired) electrons. The fraction of sp³-hybridized carbons (Fsp3) is 0.259. The predicted octanol–water partition coefficient (Wildman–Crippen LogP) is 4.94. The first-order valence-corrected chi connectivity index (χ1v) is 10.7. The van der Waals surface area contributed by atoms with E-state index in [1.165, 1.54) is 0 Å². The summed E-state index contributed by atoms with van der Waals surface area (Å²) in [6.45, 7) is 0.375. The van der Waals surface area contributed by atoms with Crippen LogP contribution < -0.4 is 0 Å². The molecule has 2 bridgehead atoms. The predicted molar refractivity (Wildman–Crippen MR) is 121 cm³/mol. The van der Waals surface area contributed by atoms with Crippen LogP contribution in [-0.2, 0) is 19.1 Å². The quantitative estimate of drug-likeness (QED) is 0.454. The molecule has 2 aliphatic carbocycles. The number of allylic oxidation sites excluding steroid dienone is 2. The van der Waals surface area contributed by atoms with Crippen molar-refractivity contribution in [2.45, 2.75) is 6.42 Å². The number of ether oxygens (including phenoxy) is 2. The van der Waals surface area contributed by atoms with Crippen LogP contribution >= 0.6 is 0 Å². The van der Waals surface area contributed by atoms with Gasteiger partial charge in [0.15, 0.2) is 0 Å². The summed E-state index contributed by atoms with van der Waals surface area (Å²) in [5.41, 5.74) is 2.10. The Morgan fingerprint density at radius 1 is 0.710 bits per heavy atom. The van der Waals surface area contributed by atoms with Gasteiger partial charge in [-0.25, -0.2) is 0 Å². The van der Waals surface area contributed by atoms with E-state index in [9.17, 15) is 9.59 Å². The van der Waals surface area contributed by atoms with Crippen molar-refractivity contribution in [2.24, 2.45) is 23.7 Å². The standard InChI is InChI=1S/C27H26O4/c28-26(30-17-7-13-20-9-3-1-4-10-20)24-22-15-16-23(19-22)25(24)27(29)31-18-8-14-21-11-5-2-6-12-21/h1-16,22-25H,17-19H2/b13-7+,14-8+. The molecule has 2 aliphatic rings. The van der Waals surface area contributed by atoms with Crippen LogP contribution in [0.1, 0.15) is 17.5 Å². The van der Waals surface area contributed by atoms with Crippen molar-refractivity contribution in [3.05, 3.63) is 96.1 Å². The third kappa shape index (κ3) is 5.21. The maximum absolute atomic E-state index is 12.8. The molecule has 4 rings (SSSR count). The molecule has 1 saturated carbocycles. The van der Waals surface area contributed by atoms with Crippen molar-refractivity contribution >= 4 is 24.1 Å². The first kappa shape index (κ1) is 20.9. The van der Waals surface area contributed by atoms with E-state index >= 15 is 0 Å². The van der Waals surface area contributed by atoms with Crippen molar-refractivity contribution in [3.8, 4) is 0 Å². The van der Waals surface area contributed by atoms with Gasteiger partial charge < -0.3 is 9.47 Å². The second kappa shape index (κ2) is 10.1. The van der Waals surface area contributed by atoms with E-state index in [1.54, 1.807) is 0 Å². The van der Waals surface area contributed by atoms with Crippen LogP contribution in [0, 0.1) is 23.7 Å². The summed E-state index contributed by atoms with van der Waals surface area (Å²) in [7, 11) is 0. The summed E-state index contributed by atoms with van der Waals surface area (Å²) in [6.07, 6.45) is 12.3. The Kier molecular flexibility index (Phi) is 6.78. The molecule has 31 heavy (non-hydrogen) atoms. The normalized spacial score (nSPS) is 24.1. The van der Waals surface area contributed by atoms with E-state index in [2.05, 4.69) is 0 Å². The van der Waals surface area contributed by atoms with Crippen LogP contribution in [0.5, 0.6) is 0 Å². The van der Waals surface area contributed by atoms with Crippen molar-refractivity contribution in [1.82, 2.24) is 0 Å². The van der Waals surface area contributed by atoms with E-state index < -0.39 is 11.8 Å². The summed E-state index contributed by atoms with van der Waals surface area (Å²) >= 11 is 0. The molecular weight excluding hydrogens is 388 g/mol. The van der Waals surface area contributed by atoms with Crippen LogP contribution in [0.2, 0.25) is 0 Å². The Morgan fingerprint density at radius 3 is 1.55 bits per heavy atom. The largest absolute Gasteiger partial charge is 0.461 e. The zero-order valence-corrected chi connectivity index (χ0v) is 17.3. The Balaban J connectivity index is 1.30. The topological polar surface area (TPSA) is 52.6 Å². The lowest BCUT2D eigenvalue weighted by molar-refractivity contribution is -0.160. The molecule has 4 atom stereocenters. The molecule has 158 valence electrons. The molecule has 4 heteroatoms. The summed E-state index contributed by atoms with van der Waals surface area (Å²) < 4.78 is 11.0. The Bertz CT molecular complexity index is 895. The van der Waals surface area contributed by atoms with Gasteiger partial charge in [-0.1, -0.05) is 85.0 Å². The second-order valence-electron chi connectivity index (χ2n) is 7.89. The molecule has 0 spiro atoms. The van der Waals surface area contributed by atoms with Gasteiger partial charge in [-0.3, -0.25) is 9.59 Å². The number of fused-ring (bicyclic) bond motifs is 2. The van der Waals surface area contributed by atoms with Crippen molar-refractivity contribution < 1.29 is 19.1 Å². The Morgan fingerprint density at radius 2 is 1.13 bits per heavy atom. The molecular formula is C27H26O4. The van der Waals surface area contributed by atoms with E-state index in [4.69, 9.17) is 9.47 Å². The minimum atomic E-state index is -0.467. The molecule has 4 nitrogen and oxygen atoms in total. The highest BCUT2D eigenvalue weighted by Gasteiger charge is 2.53. The number of hydrogen-bond donors (Lipinski definition) is 0. The molecule has 0 amide bonds. The highest BCUT2D eigenvalue weighted by Crippen LogP contribution is 2.49. The van der Waals surface area contributed by atoms with Crippen LogP contribution in [0.25, 0.3) is 12.2 Å². The maximum atomic E-state index is 12.8. The minimum absolute atomic E-state index is 0.0491. The number of hydrogen-bond acceptors (Lipinski definition) is 4. The summed E-state index contributed by atoms with van der Waals surface area (Å²) in [5.74, 6) is -1.48.